The molecule has 5 nitrogen and oxygen atoms in total. The molecule has 3 aromatic carbocycles. The Morgan fingerprint density at radius 2 is 1.97 bits per heavy atom. The van der Waals surface area contributed by atoms with Gasteiger partial charge in [0.2, 0.25) is 5.88 Å². The summed E-state index contributed by atoms with van der Waals surface area (Å²) in [5.41, 5.74) is 1.12. The van der Waals surface area contributed by atoms with E-state index in [2.05, 4.69) is 16.0 Å². The van der Waals surface area contributed by atoms with Crippen LogP contribution in [0.15, 0.2) is 77.8 Å². The third-order valence-electron chi connectivity index (χ3n) is 5.72. The fourth-order valence-corrected chi connectivity index (χ4v) is 4.21. The molecule has 0 fully saturated rings. The zero-order valence-electron chi connectivity index (χ0n) is 19.7. The fraction of sp³-hybridized carbons (Fsp3) is 0.154. The van der Waals surface area contributed by atoms with Gasteiger partial charge < -0.3 is 14.6 Å². The Kier molecular flexibility index (Phi) is 4.21. The largest absolute Gasteiger partial charge is 0.514 e. The minimum absolute atomic E-state index is 0. The summed E-state index contributed by atoms with van der Waals surface area (Å²) >= 11 is 0. The number of ether oxygens (including phenoxy) is 2. The van der Waals surface area contributed by atoms with Crippen LogP contribution in [-0.2, 0) is 37.8 Å². The van der Waals surface area contributed by atoms with E-state index in [4.69, 9.17) is 13.6 Å². The molecule has 0 saturated heterocycles. The predicted octanol–water partition coefficient (Wildman–Crippen LogP) is 5.15. The quantitative estimate of drug-likeness (QED) is 0.329. The number of aromatic hydroxyl groups is 1. The summed E-state index contributed by atoms with van der Waals surface area (Å²) in [5, 5.41) is 10.9. The van der Waals surface area contributed by atoms with E-state index in [0.717, 1.165) is 10.9 Å². The maximum atomic E-state index is 10.1. The summed E-state index contributed by atoms with van der Waals surface area (Å²) in [6.45, 7) is -2.38. The number of phenols is 1. The number of benzene rings is 3. The number of fused-ring (bicyclic) bond motifs is 4. The standard InChI is InChI=1S/C26H19N2O3.Pt/c1-26-20-10-3-2-6-17(20)15-22(26)31-25(28-26)18-8-4-9-19(14-18)30-23-13-12-16-7-5-11-21(29)24(16)27-23;/h2-13,22,29H,15H2,1H3;/q-1;/t22-,26+;/m1./s1/i1D3;. The molecular weight excluding hydrogens is 583 g/mol. The van der Waals surface area contributed by atoms with Crippen molar-refractivity contribution in [2.45, 2.75) is 24.9 Å². The van der Waals surface area contributed by atoms with Gasteiger partial charge in [-0.2, -0.15) is 0 Å². The van der Waals surface area contributed by atoms with E-state index >= 15 is 0 Å². The van der Waals surface area contributed by atoms with Gasteiger partial charge in [-0.15, -0.1) is 18.2 Å². The van der Waals surface area contributed by atoms with Crippen molar-refractivity contribution in [3.05, 3.63) is 95.6 Å². The van der Waals surface area contributed by atoms with Crippen molar-refractivity contribution in [1.82, 2.24) is 4.98 Å². The van der Waals surface area contributed by atoms with Crippen LogP contribution in [0, 0.1) is 6.07 Å². The Balaban J connectivity index is 0.00000253. The first-order valence-electron chi connectivity index (χ1n) is 11.5. The van der Waals surface area contributed by atoms with Gasteiger partial charge in [0.1, 0.15) is 28.8 Å². The zero-order valence-corrected chi connectivity index (χ0v) is 19.0. The van der Waals surface area contributed by atoms with E-state index in [1.165, 1.54) is 0 Å². The number of aromatic nitrogens is 1. The molecule has 1 aliphatic heterocycles. The van der Waals surface area contributed by atoms with Gasteiger partial charge >= 0.3 is 0 Å². The molecular formula is C26H19N2O3Pt-. The van der Waals surface area contributed by atoms with Crippen molar-refractivity contribution in [1.29, 1.82) is 0 Å². The summed E-state index contributed by atoms with van der Waals surface area (Å²) < 4.78 is 36.9. The molecule has 0 unspecified atom stereocenters. The fourth-order valence-electron chi connectivity index (χ4n) is 4.21. The Morgan fingerprint density at radius 3 is 2.88 bits per heavy atom. The predicted molar refractivity (Wildman–Crippen MR) is 118 cm³/mol. The van der Waals surface area contributed by atoms with E-state index < -0.39 is 18.5 Å². The molecule has 6 heteroatoms. The monoisotopic (exact) mass is 605 g/mol. The molecule has 0 amide bonds. The van der Waals surface area contributed by atoms with Crippen LogP contribution < -0.4 is 4.74 Å². The second-order valence-corrected chi connectivity index (χ2v) is 7.68. The van der Waals surface area contributed by atoms with Crippen molar-refractivity contribution < 1.29 is 39.8 Å². The molecule has 0 spiro atoms. The molecule has 0 saturated carbocycles. The van der Waals surface area contributed by atoms with Gasteiger partial charge in [-0.1, -0.05) is 48.0 Å². The van der Waals surface area contributed by atoms with E-state index in [0.29, 0.717) is 34.7 Å². The minimum Gasteiger partial charge on any atom is -0.514 e. The summed E-state index contributed by atoms with van der Waals surface area (Å²) in [5.74, 6) is 0.953. The maximum Gasteiger partial charge on any atom is 0.217 e. The van der Waals surface area contributed by atoms with Crippen LogP contribution in [-0.4, -0.2) is 22.1 Å². The van der Waals surface area contributed by atoms with Gasteiger partial charge in [0.15, 0.2) is 0 Å². The molecule has 32 heavy (non-hydrogen) atoms. The van der Waals surface area contributed by atoms with Gasteiger partial charge in [0.05, 0.1) is 0 Å². The van der Waals surface area contributed by atoms with Gasteiger partial charge in [0.25, 0.3) is 0 Å². The van der Waals surface area contributed by atoms with Crippen molar-refractivity contribution in [3.8, 4) is 17.4 Å². The number of nitrogens with zero attached hydrogens (tertiary/aromatic N) is 2. The van der Waals surface area contributed by atoms with Crippen molar-refractivity contribution in [3.63, 3.8) is 0 Å². The summed E-state index contributed by atoms with van der Waals surface area (Å²) in [6, 6.07) is 24.5. The Labute approximate surface area is 204 Å². The van der Waals surface area contributed by atoms with E-state index in [9.17, 15) is 5.11 Å². The normalized spacial score (nSPS) is 22.4. The van der Waals surface area contributed by atoms with Gasteiger partial charge in [-0.25, -0.2) is 4.98 Å². The van der Waals surface area contributed by atoms with Crippen LogP contribution in [0.4, 0.5) is 0 Å². The second-order valence-electron chi connectivity index (χ2n) is 7.68. The van der Waals surface area contributed by atoms with E-state index in [-0.39, 0.29) is 32.7 Å². The average molecular weight is 606 g/mol. The molecule has 2 atom stereocenters. The molecule has 1 aliphatic carbocycles. The molecule has 0 radical (unpaired) electrons. The second kappa shape index (κ2) is 7.75. The number of aliphatic imine (C=N–C) groups is 1. The van der Waals surface area contributed by atoms with Gasteiger partial charge in [-0.05, 0) is 30.1 Å². The molecule has 2 aliphatic rings. The molecule has 4 aromatic rings. The molecule has 2 heterocycles. The van der Waals surface area contributed by atoms with Crippen molar-refractivity contribution in [2.75, 3.05) is 0 Å². The summed E-state index contributed by atoms with van der Waals surface area (Å²) in [4.78, 5) is 9.05. The smallest absolute Gasteiger partial charge is 0.217 e. The van der Waals surface area contributed by atoms with Gasteiger partial charge in [0, 0.05) is 48.8 Å². The van der Waals surface area contributed by atoms with Crippen LogP contribution in [0.2, 0.25) is 0 Å². The number of hydrogen-bond acceptors (Lipinski definition) is 5. The molecule has 1 aromatic heterocycles. The third-order valence-corrected chi connectivity index (χ3v) is 5.72. The number of pyridine rings is 1. The topological polar surface area (TPSA) is 63.9 Å². The Bertz CT molecular complexity index is 1470. The summed E-state index contributed by atoms with van der Waals surface area (Å²) in [7, 11) is 0. The number of phenolic OH excluding ortho intramolecular Hbond substituents is 1. The van der Waals surface area contributed by atoms with Crippen LogP contribution >= 0.6 is 0 Å². The number of rotatable bonds is 3. The molecule has 1 N–H and O–H groups in total. The number of hydrogen-bond donors (Lipinski definition) is 1. The Morgan fingerprint density at radius 1 is 1.09 bits per heavy atom. The van der Waals surface area contributed by atoms with Crippen LogP contribution in [0.1, 0.15) is 27.7 Å². The van der Waals surface area contributed by atoms with Crippen LogP contribution in [0.3, 0.4) is 0 Å². The summed E-state index contributed by atoms with van der Waals surface area (Å²) in [6.07, 6.45) is -0.141. The maximum absolute atomic E-state index is 10.1. The molecule has 6 rings (SSSR count). The Hall–Kier alpha value is -3.17. The van der Waals surface area contributed by atoms with Crippen molar-refractivity contribution in [2.24, 2.45) is 4.99 Å². The number of para-hydroxylation sites is 1. The first-order valence-corrected chi connectivity index (χ1v) is 9.99. The average Bonchev–Trinajstić information content (AvgIpc) is 3.35. The minimum atomic E-state index is -2.38. The SMILES string of the molecule is [2H]C([2H])([2H])[C@@]12N=C(c3[c-]c(Oc4ccc5cccc(O)c5n4)ccc3)O[C@@H]1Cc1ccccc12.[Pt]. The van der Waals surface area contributed by atoms with Crippen molar-refractivity contribution >= 4 is 16.8 Å². The van der Waals surface area contributed by atoms with Crippen LogP contribution in [0.5, 0.6) is 17.4 Å². The molecule has 0 bridgehead atoms. The molecule has 162 valence electrons. The first kappa shape index (κ1) is 17.4. The third kappa shape index (κ3) is 3.28. The van der Waals surface area contributed by atoms with E-state index in [1.54, 1.807) is 36.4 Å². The first-order chi connectivity index (χ1) is 16.3. The van der Waals surface area contributed by atoms with E-state index in [1.807, 2.05) is 36.4 Å². The van der Waals surface area contributed by atoms with Crippen LogP contribution in [0.25, 0.3) is 10.9 Å². The van der Waals surface area contributed by atoms with Gasteiger partial charge in [-0.3, -0.25) is 4.99 Å². The zero-order chi connectivity index (χ0) is 23.5.